The first kappa shape index (κ1) is 17.5. The SMILES string of the molecule is COc1cncc(-c2ccc(C3CCOCC3)c(C3COCCN3)c2)c1. The summed E-state index contributed by atoms with van der Waals surface area (Å²) < 4.78 is 16.6. The maximum Gasteiger partial charge on any atom is 0.137 e. The van der Waals surface area contributed by atoms with Crippen molar-refractivity contribution in [3.8, 4) is 16.9 Å². The first-order valence-corrected chi connectivity index (χ1v) is 9.37. The fraction of sp³-hybridized carbons (Fsp3) is 0.476. The fourth-order valence-electron chi connectivity index (χ4n) is 3.89. The topological polar surface area (TPSA) is 52.6 Å². The maximum absolute atomic E-state index is 5.74. The van der Waals surface area contributed by atoms with E-state index in [0.29, 0.717) is 5.92 Å². The Labute approximate surface area is 154 Å². The molecule has 0 radical (unpaired) electrons. The highest BCUT2D eigenvalue weighted by molar-refractivity contribution is 5.66. The van der Waals surface area contributed by atoms with Gasteiger partial charge in [-0.1, -0.05) is 12.1 Å². The van der Waals surface area contributed by atoms with Gasteiger partial charge < -0.3 is 19.5 Å². The lowest BCUT2D eigenvalue weighted by Crippen LogP contribution is -2.35. The van der Waals surface area contributed by atoms with E-state index >= 15 is 0 Å². The summed E-state index contributed by atoms with van der Waals surface area (Å²) in [6.07, 6.45) is 5.79. The zero-order valence-corrected chi connectivity index (χ0v) is 15.2. The highest BCUT2D eigenvalue weighted by Gasteiger charge is 2.25. The minimum Gasteiger partial charge on any atom is -0.495 e. The number of hydrogen-bond donors (Lipinski definition) is 1. The van der Waals surface area contributed by atoms with Gasteiger partial charge in [0, 0.05) is 31.5 Å². The third kappa shape index (κ3) is 3.75. The Balaban J connectivity index is 1.72. The van der Waals surface area contributed by atoms with Gasteiger partial charge in [-0.3, -0.25) is 4.98 Å². The van der Waals surface area contributed by atoms with Crippen LogP contribution in [-0.4, -0.2) is 45.1 Å². The van der Waals surface area contributed by atoms with Crippen LogP contribution in [0.1, 0.15) is 35.9 Å². The fourth-order valence-corrected chi connectivity index (χ4v) is 3.89. The molecule has 1 unspecified atom stereocenters. The van der Waals surface area contributed by atoms with Crippen LogP contribution in [0.3, 0.4) is 0 Å². The van der Waals surface area contributed by atoms with Crippen LogP contribution in [0.15, 0.2) is 36.7 Å². The van der Waals surface area contributed by atoms with E-state index < -0.39 is 0 Å². The summed E-state index contributed by atoms with van der Waals surface area (Å²) in [7, 11) is 1.67. The second kappa shape index (κ2) is 8.16. The molecule has 26 heavy (non-hydrogen) atoms. The van der Waals surface area contributed by atoms with Crippen molar-refractivity contribution in [3.05, 3.63) is 47.8 Å². The van der Waals surface area contributed by atoms with Crippen LogP contribution in [0.25, 0.3) is 11.1 Å². The number of rotatable bonds is 4. The van der Waals surface area contributed by atoms with E-state index in [1.165, 1.54) is 11.1 Å². The summed E-state index contributed by atoms with van der Waals surface area (Å²) in [5, 5.41) is 3.62. The summed E-state index contributed by atoms with van der Waals surface area (Å²) in [5.74, 6) is 1.33. The monoisotopic (exact) mass is 354 g/mol. The molecule has 1 N–H and O–H groups in total. The van der Waals surface area contributed by atoms with Crippen molar-refractivity contribution in [2.75, 3.05) is 40.1 Å². The number of morpholine rings is 1. The Kier molecular flexibility index (Phi) is 5.48. The van der Waals surface area contributed by atoms with Crippen molar-refractivity contribution in [1.82, 2.24) is 10.3 Å². The molecule has 0 aliphatic carbocycles. The van der Waals surface area contributed by atoms with Crippen molar-refractivity contribution in [1.29, 1.82) is 0 Å². The van der Waals surface area contributed by atoms with Crippen LogP contribution in [0.5, 0.6) is 5.75 Å². The Morgan fingerprint density at radius 3 is 2.65 bits per heavy atom. The summed E-state index contributed by atoms with van der Waals surface area (Å²) in [6, 6.07) is 9.06. The lowest BCUT2D eigenvalue weighted by molar-refractivity contribution is 0.0740. The molecule has 2 saturated heterocycles. The first-order valence-electron chi connectivity index (χ1n) is 9.37. The lowest BCUT2D eigenvalue weighted by atomic mass is 9.84. The number of hydrogen-bond acceptors (Lipinski definition) is 5. The van der Waals surface area contributed by atoms with Gasteiger partial charge in [0.15, 0.2) is 0 Å². The van der Waals surface area contributed by atoms with Crippen LogP contribution in [0, 0.1) is 0 Å². The van der Waals surface area contributed by atoms with E-state index in [9.17, 15) is 0 Å². The number of nitrogens with zero attached hydrogens (tertiary/aromatic N) is 1. The van der Waals surface area contributed by atoms with Gasteiger partial charge in [-0.2, -0.15) is 0 Å². The van der Waals surface area contributed by atoms with E-state index in [-0.39, 0.29) is 6.04 Å². The normalized spacial score (nSPS) is 21.5. The third-order valence-electron chi connectivity index (χ3n) is 5.33. The van der Waals surface area contributed by atoms with E-state index in [1.807, 2.05) is 12.3 Å². The van der Waals surface area contributed by atoms with Gasteiger partial charge in [-0.15, -0.1) is 0 Å². The van der Waals surface area contributed by atoms with Crippen LogP contribution in [-0.2, 0) is 9.47 Å². The minimum atomic E-state index is 0.236. The van der Waals surface area contributed by atoms with Crippen LogP contribution >= 0.6 is 0 Å². The maximum atomic E-state index is 5.74. The number of ether oxygens (including phenoxy) is 3. The van der Waals surface area contributed by atoms with Gasteiger partial charge in [0.25, 0.3) is 0 Å². The Hall–Kier alpha value is -1.95. The molecule has 5 heteroatoms. The molecule has 3 heterocycles. The highest BCUT2D eigenvalue weighted by Crippen LogP contribution is 2.36. The Bertz CT molecular complexity index is 738. The molecule has 2 aromatic rings. The smallest absolute Gasteiger partial charge is 0.137 e. The first-order chi connectivity index (χ1) is 12.8. The molecule has 5 nitrogen and oxygen atoms in total. The number of methoxy groups -OCH3 is 1. The largest absolute Gasteiger partial charge is 0.495 e. The predicted molar refractivity (Wildman–Crippen MR) is 101 cm³/mol. The molecule has 0 amide bonds. The summed E-state index contributed by atoms with van der Waals surface area (Å²) >= 11 is 0. The Morgan fingerprint density at radius 2 is 1.88 bits per heavy atom. The summed E-state index contributed by atoms with van der Waals surface area (Å²) in [6.45, 7) is 4.09. The van der Waals surface area contributed by atoms with Crippen LogP contribution in [0.2, 0.25) is 0 Å². The molecule has 0 spiro atoms. The molecule has 4 rings (SSSR count). The number of benzene rings is 1. The molecule has 138 valence electrons. The summed E-state index contributed by atoms with van der Waals surface area (Å²) in [4.78, 5) is 4.30. The average molecular weight is 354 g/mol. The van der Waals surface area contributed by atoms with Crippen molar-refractivity contribution in [3.63, 3.8) is 0 Å². The molecule has 1 aromatic heterocycles. The highest BCUT2D eigenvalue weighted by atomic mass is 16.5. The quantitative estimate of drug-likeness (QED) is 0.913. The Morgan fingerprint density at radius 1 is 1.00 bits per heavy atom. The average Bonchev–Trinajstić information content (AvgIpc) is 2.74. The van der Waals surface area contributed by atoms with Gasteiger partial charge >= 0.3 is 0 Å². The zero-order valence-electron chi connectivity index (χ0n) is 15.2. The van der Waals surface area contributed by atoms with E-state index in [2.05, 4.69) is 28.5 Å². The number of aromatic nitrogens is 1. The van der Waals surface area contributed by atoms with Crippen LogP contribution < -0.4 is 10.1 Å². The molecule has 1 aromatic carbocycles. The van der Waals surface area contributed by atoms with Crippen molar-refractivity contribution < 1.29 is 14.2 Å². The van der Waals surface area contributed by atoms with Gasteiger partial charge in [0.2, 0.25) is 0 Å². The van der Waals surface area contributed by atoms with Gasteiger partial charge in [-0.05, 0) is 47.6 Å². The van der Waals surface area contributed by atoms with Crippen molar-refractivity contribution in [2.24, 2.45) is 0 Å². The molecular formula is C21H26N2O3. The molecule has 1 atom stereocenters. The predicted octanol–water partition coefficient (Wildman–Crippen LogP) is 3.31. The third-order valence-corrected chi connectivity index (χ3v) is 5.33. The van der Waals surface area contributed by atoms with Crippen molar-refractivity contribution >= 4 is 0 Å². The van der Waals surface area contributed by atoms with E-state index in [0.717, 1.165) is 62.7 Å². The standard InChI is InChI=1S/C21H26N2O3/c1-24-18-10-17(12-22-13-18)16-2-3-19(15-4-7-25-8-5-15)20(11-16)21-14-26-9-6-23-21/h2-3,10-13,15,21,23H,4-9,14H2,1H3. The van der Waals surface area contributed by atoms with E-state index in [4.69, 9.17) is 14.2 Å². The zero-order chi connectivity index (χ0) is 17.8. The molecule has 2 fully saturated rings. The molecule has 2 aliphatic heterocycles. The lowest BCUT2D eigenvalue weighted by Gasteiger charge is -2.31. The molecule has 0 saturated carbocycles. The number of nitrogens with one attached hydrogen (secondary N) is 1. The second-order valence-electron chi connectivity index (χ2n) is 6.93. The number of pyridine rings is 1. The van der Waals surface area contributed by atoms with Gasteiger partial charge in [-0.25, -0.2) is 0 Å². The van der Waals surface area contributed by atoms with Gasteiger partial charge in [0.1, 0.15) is 5.75 Å². The van der Waals surface area contributed by atoms with Gasteiger partial charge in [0.05, 0.1) is 32.6 Å². The molecule has 2 aliphatic rings. The van der Waals surface area contributed by atoms with E-state index in [1.54, 1.807) is 13.3 Å². The molecule has 0 bridgehead atoms. The summed E-state index contributed by atoms with van der Waals surface area (Å²) in [5.41, 5.74) is 5.00. The second-order valence-corrected chi connectivity index (χ2v) is 6.93. The molecular weight excluding hydrogens is 328 g/mol. The minimum absolute atomic E-state index is 0.236. The van der Waals surface area contributed by atoms with Crippen molar-refractivity contribution in [2.45, 2.75) is 24.8 Å². The van der Waals surface area contributed by atoms with Crippen LogP contribution in [0.4, 0.5) is 0 Å².